The van der Waals surface area contributed by atoms with Crippen molar-refractivity contribution in [2.45, 2.75) is 104 Å². The van der Waals surface area contributed by atoms with E-state index in [0.717, 1.165) is 69.6 Å². The molecule has 250 valence electrons. The number of unbranched alkanes of at least 4 members (excludes halogenated alkanes) is 10. The highest BCUT2D eigenvalue weighted by atomic mass is 35.5. The van der Waals surface area contributed by atoms with Crippen LogP contribution < -0.4 is 0 Å². The van der Waals surface area contributed by atoms with Crippen molar-refractivity contribution >= 4 is 77.3 Å². The summed E-state index contributed by atoms with van der Waals surface area (Å²) >= 11 is 11.9. The normalized spacial score (nSPS) is 11.8. The predicted molar refractivity (Wildman–Crippen MR) is 205 cm³/mol. The van der Waals surface area contributed by atoms with Gasteiger partial charge in [0.05, 0.1) is 0 Å². The average molecular weight is 682 g/mol. The smallest absolute Gasteiger partial charge is 0.252 e. The number of rotatable bonds is 17. The van der Waals surface area contributed by atoms with E-state index < -0.39 is 10.5 Å². The van der Waals surface area contributed by atoms with Crippen LogP contribution in [0.4, 0.5) is 0 Å². The number of carbonyl (C=O) groups is 2. The largest absolute Gasteiger partial charge is 0.340 e. The number of aromatic nitrogens is 2. The molecule has 0 aliphatic carbocycles. The number of carbonyl (C=O) groups excluding carboxylic acids is 2. The Morgan fingerprint density at radius 1 is 0.458 bits per heavy atom. The number of halogens is 2. The summed E-state index contributed by atoms with van der Waals surface area (Å²) in [6.45, 7) is 6.37. The van der Waals surface area contributed by atoms with Crippen LogP contribution >= 0.6 is 23.2 Å². The summed E-state index contributed by atoms with van der Waals surface area (Å²) in [5, 5.41) is 3.45. The molecule has 0 N–H and O–H groups in total. The molecular formula is C42H46Cl2N2O2. The fourth-order valence-corrected chi connectivity index (χ4v) is 7.63. The van der Waals surface area contributed by atoms with Crippen LogP contribution in [0.3, 0.4) is 0 Å². The Morgan fingerprint density at radius 2 is 0.792 bits per heavy atom. The summed E-state index contributed by atoms with van der Waals surface area (Å²) in [5.74, 6) is 0. The first-order valence-electron chi connectivity index (χ1n) is 17.9. The Morgan fingerprint density at radius 3 is 1.17 bits per heavy atom. The zero-order valence-electron chi connectivity index (χ0n) is 28.3. The zero-order valence-corrected chi connectivity index (χ0v) is 29.8. The first-order valence-corrected chi connectivity index (χ1v) is 18.7. The summed E-state index contributed by atoms with van der Waals surface area (Å²) < 4.78 is 4.81. The first-order chi connectivity index (χ1) is 23.4. The van der Waals surface area contributed by atoms with Crippen LogP contribution in [-0.4, -0.2) is 19.6 Å². The molecule has 0 aliphatic rings. The number of aryl methyl sites for hydroxylation is 2. The SMILES string of the molecule is CCCCCCCCn1c2ccc(C(=O)Cl)cc2c2cc(-c3ccc4c(c3)c3cc(C(=O)Cl)ccc3n4CCCCCCCC)ccc21. The van der Waals surface area contributed by atoms with E-state index in [1.54, 1.807) is 0 Å². The van der Waals surface area contributed by atoms with Gasteiger partial charge in [-0.05, 0) is 108 Å². The van der Waals surface area contributed by atoms with Gasteiger partial charge in [-0.2, -0.15) is 0 Å². The molecule has 48 heavy (non-hydrogen) atoms. The van der Waals surface area contributed by atoms with E-state index >= 15 is 0 Å². The van der Waals surface area contributed by atoms with Gasteiger partial charge in [0.15, 0.2) is 0 Å². The molecule has 0 spiro atoms. The topological polar surface area (TPSA) is 44.0 Å². The molecule has 2 heterocycles. The lowest BCUT2D eigenvalue weighted by atomic mass is 10.00. The van der Waals surface area contributed by atoms with Crippen LogP contribution in [0.15, 0.2) is 72.8 Å². The standard InChI is InChI=1S/C42H46Cl2N2O2/c1-3-5-7-9-11-13-23-45-37-19-15-29(25-33(37)35-27-31(41(43)47)17-21-39(35)45)30-16-20-38-34(26-30)36-28-32(42(44)48)18-22-40(36)46(38)24-14-12-10-8-6-4-2/h15-22,25-28H,3-14,23-24H2,1-2H3. The first kappa shape index (κ1) is 34.3. The Hall–Kier alpha value is -3.60. The van der Waals surface area contributed by atoms with Crippen LogP contribution in [-0.2, 0) is 13.1 Å². The molecule has 6 rings (SSSR count). The predicted octanol–water partition coefficient (Wildman–Crippen LogP) is 13.0. The van der Waals surface area contributed by atoms with Crippen molar-refractivity contribution < 1.29 is 9.59 Å². The van der Waals surface area contributed by atoms with Crippen molar-refractivity contribution in [3.05, 3.63) is 83.9 Å². The Bertz CT molecular complexity index is 1940. The highest BCUT2D eigenvalue weighted by molar-refractivity contribution is 6.68. The minimum absolute atomic E-state index is 0.442. The third-order valence-electron chi connectivity index (χ3n) is 9.99. The Labute approximate surface area is 294 Å². The second-order valence-electron chi connectivity index (χ2n) is 13.3. The van der Waals surface area contributed by atoms with E-state index in [1.807, 2.05) is 36.4 Å². The molecule has 2 aromatic heterocycles. The quantitative estimate of drug-likeness (QED) is 0.0710. The van der Waals surface area contributed by atoms with E-state index in [0.29, 0.717) is 11.1 Å². The fourth-order valence-electron chi connectivity index (χ4n) is 7.39. The van der Waals surface area contributed by atoms with Crippen LogP contribution in [0, 0.1) is 0 Å². The third-order valence-corrected chi connectivity index (χ3v) is 10.4. The van der Waals surface area contributed by atoms with Crippen molar-refractivity contribution in [3.63, 3.8) is 0 Å². The maximum absolute atomic E-state index is 12.2. The minimum atomic E-state index is -0.442. The van der Waals surface area contributed by atoms with Gasteiger partial charge in [0.2, 0.25) is 0 Å². The fraction of sp³-hybridized carbons (Fsp3) is 0.381. The zero-order chi connectivity index (χ0) is 33.6. The maximum Gasteiger partial charge on any atom is 0.252 e. The number of fused-ring (bicyclic) bond motifs is 6. The van der Waals surface area contributed by atoms with Crippen molar-refractivity contribution in [2.24, 2.45) is 0 Å². The second-order valence-corrected chi connectivity index (χ2v) is 14.0. The Kier molecular flexibility index (Phi) is 11.2. The van der Waals surface area contributed by atoms with E-state index in [4.69, 9.17) is 23.2 Å². The van der Waals surface area contributed by atoms with Crippen LogP contribution in [0.1, 0.15) is 112 Å². The monoisotopic (exact) mass is 680 g/mol. The maximum atomic E-state index is 12.2. The summed E-state index contributed by atoms with van der Waals surface area (Å²) in [5.41, 5.74) is 7.83. The van der Waals surface area contributed by atoms with E-state index in [-0.39, 0.29) is 0 Å². The van der Waals surface area contributed by atoms with Gasteiger partial charge in [-0.15, -0.1) is 0 Å². The average Bonchev–Trinajstić information content (AvgIpc) is 3.58. The van der Waals surface area contributed by atoms with Crippen molar-refractivity contribution in [1.82, 2.24) is 9.13 Å². The molecule has 0 fully saturated rings. The summed E-state index contributed by atoms with van der Waals surface area (Å²) in [7, 11) is 0. The van der Waals surface area contributed by atoms with Crippen molar-refractivity contribution in [1.29, 1.82) is 0 Å². The van der Waals surface area contributed by atoms with Crippen LogP contribution in [0.2, 0.25) is 0 Å². The number of hydrogen-bond acceptors (Lipinski definition) is 2. The van der Waals surface area contributed by atoms with E-state index in [9.17, 15) is 9.59 Å². The number of benzene rings is 4. The molecule has 6 aromatic rings. The molecule has 0 atom stereocenters. The molecule has 0 amide bonds. The van der Waals surface area contributed by atoms with Crippen molar-refractivity contribution in [2.75, 3.05) is 0 Å². The third kappa shape index (κ3) is 7.21. The summed E-state index contributed by atoms with van der Waals surface area (Å²) in [4.78, 5) is 24.3. The molecule has 0 aliphatic heterocycles. The molecule has 6 heteroatoms. The van der Waals surface area contributed by atoms with Gasteiger partial charge < -0.3 is 9.13 Å². The highest BCUT2D eigenvalue weighted by Crippen LogP contribution is 2.37. The van der Waals surface area contributed by atoms with E-state index in [1.165, 1.54) is 75.2 Å². The number of hydrogen-bond donors (Lipinski definition) is 0. The van der Waals surface area contributed by atoms with Gasteiger partial charge in [-0.25, -0.2) is 0 Å². The molecule has 0 saturated heterocycles. The van der Waals surface area contributed by atoms with Gasteiger partial charge in [0.1, 0.15) is 0 Å². The lowest BCUT2D eigenvalue weighted by Crippen LogP contribution is -1.98. The van der Waals surface area contributed by atoms with Gasteiger partial charge >= 0.3 is 0 Å². The molecule has 0 saturated carbocycles. The molecule has 4 nitrogen and oxygen atoms in total. The van der Waals surface area contributed by atoms with Crippen LogP contribution in [0.5, 0.6) is 0 Å². The summed E-state index contributed by atoms with van der Waals surface area (Å²) in [6.07, 6.45) is 14.9. The van der Waals surface area contributed by atoms with Gasteiger partial charge in [-0.3, -0.25) is 9.59 Å². The van der Waals surface area contributed by atoms with Gasteiger partial charge in [0, 0.05) is 67.8 Å². The van der Waals surface area contributed by atoms with Crippen LogP contribution in [0.25, 0.3) is 54.7 Å². The van der Waals surface area contributed by atoms with E-state index in [2.05, 4.69) is 59.4 Å². The molecular weight excluding hydrogens is 635 g/mol. The number of nitrogens with zero attached hydrogens (tertiary/aromatic N) is 2. The highest BCUT2D eigenvalue weighted by Gasteiger charge is 2.17. The Balaban J connectivity index is 1.40. The lowest BCUT2D eigenvalue weighted by Gasteiger charge is -2.09. The molecule has 0 bridgehead atoms. The molecule has 0 radical (unpaired) electrons. The minimum Gasteiger partial charge on any atom is -0.340 e. The molecule has 4 aromatic carbocycles. The lowest BCUT2D eigenvalue weighted by molar-refractivity contribution is 0.107. The van der Waals surface area contributed by atoms with Crippen molar-refractivity contribution in [3.8, 4) is 11.1 Å². The molecule has 0 unspecified atom stereocenters. The second kappa shape index (κ2) is 15.7. The summed E-state index contributed by atoms with van der Waals surface area (Å²) in [6, 6.07) is 25.0. The van der Waals surface area contributed by atoms with Gasteiger partial charge in [-0.1, -0.05) is 90.2 Å². The van der Waals surface area contributed by atoms with Gasteiger partial charge in [0.25, 0.3) is 10.5 Å².